The van der Waals surface area contributed by atoms with E-state index in [0.29, 0.717) is 13.2 Å². The predicted octanol–water partition coefficient (Wildman–Crippen LogP) is 12.5. The second-order valence-electron chi connectivity index (χ2n) is 7.07. The minimum Gasteiger partial charge on any atom is -0.486 e. The smallest absolute Gasteiger partial charge is 0.148 e. The molecule has 2 rings (SSSR count). The second-order valence-corrected chi connectivity index (χ2v) is 17.7. The summed E-state index contributed by atoms with van der Waals surface area (Å²) in [5.41, 5.74) is 1.93. The van der Waals surface area contributed by atoms with Gasteiger partial charge in [0, 0.05) is 5.41 Å². The molecule has 0 heterocycles. The topological polar surface area (TPSA) is 18.5 Å². The molecule has 0 bridgehead atoms. The average Bonchev–Trinajstić information content (AvgIpc) is 2.71. The van der Waals surface area contributed by atoms with Crippen LogP contribution in [-0.2, 0) is 5.41 Å². The van der Waals surface area contributed by atoms with Crippen LogP contribution in [0, 0.1) is 0 Å². The molecule has 0 aliphatic rings. The number of ether oxygens (including phenoxy) is 2. The van der Waals surface area contributed by atoms with Crippen molar-refractivity contribution < 1.29 is 9.47 Å². The van der Waals surface area contributed by atoms with E-state index in [2.05, 4.69) is 197 Å². The molecule has 2 nitrogen and oxygen atoms in total. The highest BCUT2D eigenvalue weighted by atomic mass is 79.9. The maximum atomic E-state index is 5.98. The van der Waals surface area contributed by atoms with Gasteiger partial charge in [0.05, 0.1) is 33.6 Å². The summed E-state index contributed by atoms with van der Waals surface area (Å²) in [4.78, 5) is 0. The Morgan fingerprint density at radius 2 is 0.879 bits per heavy atom. The molecule has 2 aromatic rings. The second kappa shape index (κ2) is 13.9. The van der Waals surface area contributed by atoms with Gasteiger partial charge < -0.3 is 9.47 Å². The summed E-state index contributed by atoms with van der Waals surface area (Å²) in [5.74, 6) is 1.46. The Morgan fingerprint density at radius 1 is 0.606 bits per heavy atom. The molecule has 0 aliphatic carbocycles. The molecule has 0 fully saturated rings. The van der Waals surface area contributed by atoms with Crippen LogP contribution in [0.1, 0.15) is 25.0 Å². The molecule has 0 spiro atoms. The van der Waals surface area contributed by atoms with Crippen molar-refractivity contribution in [3.8, 4) is 11.5 Å². The first-order valence-corrected chi connectivity index (χ1v) is 16.8. The number of rotatable bonds is 8. The van der Waals surface area contributed by atoms with Crippen molar-refractivity contribution in [3.05, 3.63) is 69.0 Å². The van der Waals surface area contributed by atoms with E-state index in [-0.39, 0.29) is 5.41 Å². The average molecular weight is 1100 g/mol. The van der Waals surface area contributed by atoms with Crippen molar-refractivity contribution >= 4 is 159 Å². The molecular weight excluding hydrogens is 1080 g/mol. The summed E-state index contributed by atoms with van der Waals surface area (Å²) in [6.45, 7) is 5.12. The maximum Gasteiger partial charge on any atom is 0.148 e. The Morgan fingerprint density at radius 3 is 1.12 bits per heavy atom. The van der Waals surface area contributed by atoms with Gasteiger partial charge in [-0.05, 0) is 163 Å². The molecule has 0 N–H and O–H groups in total. The van der Waals surface area contributed by atoms with Gasteiger partial charge in [0.15, 0.2) is 0 Å². The van der Waals surface area contributed by atoms with Crippen LogP contribution in [0.5, 0.6) is 11.5 Å². The van der Waals surface area contributed by atoms with Gasteiger partial charge in [0.1, 0.15) is 24.7 Å². The number of hydrogen-bond donors (Lipinski definition) is 0. The lowest BCUT2D eigenvalue weighted by Crippen LogP contribution is -2.19. The Labute approximate surface area is 277 Å². The molecular formula is C21H14Br10O2. The fourth-order valence-corrected chi connectivity index (χ4v) is 6.18. The maximum absolute atomic E-state index is 5.98. The molecule has 0 atom stereocenters. The highest BCUT2D eigenvalue weighted by Crippen LogP contribution is 2.44. The molecule has 0 unspecified atom stereocenters. The van der Waals surface area contributed by atoms with Crippen molar-refractivity contribution in [1.29, 1.82) is 0 Å². The molecule has 33 heavy (non-hydrogen) atoms. The minimum atomic E-state index is -0.300. The van der Waals surface area contributed by atoms with Gasteiger partial charge in [-0.3, -0.25) is 0 Å². The summed E-state index contributed by atoms with van der Waals surface area (Å²) < 4.78 is 18.8. The predicted molar refractivity (Wildman–Crippen MR) is 174 cm³/mol. The quantitative estimate of drug-likeness (QED) is 0.262. The fourth-order valence-electron chi connectivity index (χ4n) is 2.66. The molecule has 0 aromatic heterocycles. The SMILES string of the molecule is CC(C)(c1cc(Br)c(OCC(Br)=C(Br)Br)c(Br)c1)c1cc(Br)c(OCC(Br)=C(Br)Br)c(Br)c1. The first-order valence-electron chi connectivity index (χ1n) is 8.89. The zero-order valence-corrected chi connectivity index (χ0v) is 32.7. The summed E-state index contributed by atoms with van der Waals surface area (Å²) >= 11 is 35.1. The van der Waals surface area contributed by atoms with Gasteiger partial charge in [-0.2, -0.15) is 0 Å². The normalized spacial score (nSPS) is 11.3. The number of halogens is 10. The van der Waals surface area contributed by atoms with Crippen LogP contribution >= 0.6 is 159 Å². The lowest BCUT2D eigenvalue weighted by Gasteiger charge is -2.28. The van der Waals surface area contributed by atoms with Crippen LogP contribution < -0.4 is 9.47 Å². The van der Waals surface area contributed by atoms with Crippen LogP contribution in [0.15, 0.2) is 57.9 Å². The van der Waals surface area contributed by atoms with Crippen LogP contribution in [0.4, 0.5) is 0 Å². The molecule has 180 valence electrons. The Bertz CT molecular complexity index is 969. The molecule has 12 heteroatoms. The third-order valence-corrected chi connectivity index (χ3v) is 12.2. The van der Waals surface area contributed by atoms with E-state index >= 15 is 0 Å². The van der Waals surface area contributed by atoms with E-state index in [1.807, 2.05) is 0 Å². The molecule has 2 aromatic carbocycles. The summed E-state index contributed by atoms with van der Waals surface area (Å²) in [5, 5.41) is 0. The monoisotopic (exact) mass is 1090 g/mol. The van der Waals surface area contributed by atoms with E-state index < -0.39 is 0 Å². The van der Waals surface area contributed by atoms with Crippen molar-refractivity contribution in [2.24, 2.45) is 0 Å². The third kappa shape index (κ3) is 8.67. The van der Waals surface area contributed by atoms with Crippen LogP contribution in [0.25, 0.3) is 0 Å². The van der Waals surface area contributed by atoms with Gasteiger partial charge in [-0.1, -0.05) is 45.7 Å². The number of benzene rings is 2. The van der Waals surface area contributed by atoms with Gasteiger partial charge in [0.2, 0.25) is 0 Å². The molecule has 0 aliphatic heterocycles. The van der Waals surface area contributed by atoms with Crippen LogP contribution in [0.3, 0.4) is 0 Å². The Kier molecular flexibility index (Phi) is 13.3. The van der Waals surface area contributed by atoms with Crippen LogP contribution in [0.2, 0.25) is 0 Å². The Hall–Kier alpha value is 2.32. The summed E-state index contributed by atoms with van der Waals surface area (Å²) in [7, 11) is 0. The van der Waals surface area contributed by atoms with E-state index in [1.54, 1.807) is 0 Å². The van der Waals surface area contributed by atoms with Crippen molar-refractivity contribution in [1.82, 2.24) is 0 Å². The molecule has 0 saturated carbocycles. The first kappa shape index (κ1) is 31.5. The first-order chi connectivity index (χ1) is 15.2. The zero-order chi connectivity index (χ0) is 25.1. The molecule has 0 saturated heterocycles. The van der Waals surface area contributed by atoms with E-state index in [9.17, 15) is 0 Å². The summed E-state index contributed by atoms with van der Waals surface area (Å²) in [6.07, 6.45) is 0. The van der Waals surface area contributed by atoms with Crippen molar-refractivity contribution in [2.45, 2.75) is 19.3 Å². The summed E-state index contributed by atoms with van der Waals surface area (Å²) in [6, 6.07) is 8.34. The van der Waals surface area contributed by atoms with Gasteiger partial charge in [0.25, 0.3) is 0 Å². The fraction of sp³-hybridized carbons (Fsp3) is 0.238. The van der Waals surface area contributed by atoms with Crippen molar-refractivity contribution in [2.75, 3.05) is 13.2 Å². The standard InChI is InChI=1S/C21H14Br10O2/c1-21(2,9-3-11(22)17(12(23)4-9)32-7-15(26)19(28)29)10-5-13(24)18(14(25)6-10)33-8-16(27)20(30)31/h3-6H,7-8H2,1-2H3. The van der Waals surface area contributed by atoms with Gasteiger partial charge in [-0.25, -0.2) is 0 Å². The number of hydrogen-bond acceptors (Lipinski definition) is 2. The highest BCUT2D eigenvalue weighted by molar-refractivity contribution is 9.29. The van der Waals surface area contributed by atoms with Crippen molar-refractivity contribution in [3.63, 3.8) is 0 Å². The minimum absolute atomic E-state index is 0.300. The van der Waals surface area contributed by atoms with Gasteiger partial charge >= 0.3 is 0 Å². The zero-order valence-electron chi connectivity index (χ0n) is 16.8. The lowest BCUT2D eigenvalue weighted by atomic mass is 9.78. The van der Waals surface area contributed by atoms with Gasteiger partial charge in [-0.15, -0.1) is 0 Å². The van der Waals surface area contributed by atoms with Crippen LogP contribution in [-0.4, -0.2) is 13.2 Å². The van der Waals surface area contributed by atoms with E-state index in [0.717, 1.165) is 56.3 Å². The Balaban J connectivity index is 2.37. The lowest BCUT2D eigenvalue weighted by molar-refractivity contribution is 0.355. The van der Waals surface area contributed by atoms with E-state index in [4.69, 9.17) is 9.47 Å². The molecule has 0 radical (unpaired) electrons. The molecule has 0 amide bonds. The van der Waals surface area contributed by atoms with E-state index in [1.165, 1.54) is 0 Å². The largest absolute Gasteiger partial charge is 0.486 e. The third-order valence-electron chi connectivity index (χ3n) is 4.54. The highest BCUT2D eigenvalue weighted by Gasteiger charge is 2.27.